The van der Waals surface area contributed by atoms with Crippen LogP contribution >= 0.6 is 0 Å². The van der Waals surface area contributed by atoms with E-state index in [9.17, 15) is 9.90 Å². The highest BCUT2D eigenvalue weighted by molar-refractivity contribution is 5.75. The summed E-state index contributed by atoms with van der Waals surface area (Å²) in [4.78, 5) is 10.5. The Morgan fingerprint density at radius 3 is 2.62 bits per heavy atom. The van der Waals surface area contributed by atoms with Crippen molar-refractivity contribution in [3.8, 4) is 5.75 Å². The van der Waals surface area contributed by atoms with Crippen LogP contribution in [-0.4, -0.2) is 23.3 Å². The van der Waals surface area contributed by atoms with E-state index >= 15 is 0 Å². The van der Waals surface area contributed by atoms with Gasteiger partial charge in [-0.3, -0.25) is 0 Å². The molecule has 0 spiro atoms. The molecule has 0 saturated carbocycles. The van der Waals surface area contributed by atoms with Crippen molar-refractivity contribution in [1.29, 1.82) is 0 Å². The van der Waals surface area contributed by atoms with Gasteiger partial charge in [0.15, 0.2) is 6.10 Å². The molecule has 0 aliphatic carbocycles. The molecule has 0 aliphatic heterocycles. The number of ether oxygens (including phenoxy) is 1. The third-order valence-corrected chi connectivity index (χ3v) is 1.67. The third kappa shape index (κ3) is 1.97. The van der Waals surface area contributed by atoms with E-state index in [0.717, 1.165) is 0 Å². The zero-order chi connectivity index (χ0) is 9.84. The highest BCUT2D eigenvalue weighted by atomic mass is 16.5. The van der Waals surface area contributed by atoms with Gasteiger partial charge in [0.05, 0.1) is 7.11 Å². The second kappa shape index (κ2) is 3.91. The summed E-state index contributed by atoms with van der Waals surface area (Å²) < 4.78 is 4.89. The molecule has 1 aromatic carbocycles. The fraction of sp³-hybridized carbons (Fsp3) is 0.222. The van der Waals surface area contributed by atoms with Gasteiger partial charge in [0.25, 0.3) is 0 Å². The van der Waals surface area contributed by atoms with Crippen molar-refractivity contribution in [2.24, 2.45) is 0 Å². The van der Waals surface area contributed by atoms with Gasteiger partial charge in [-0.1, -0.05) is 18.2 Å². The van der Waals surface area contributed by atoms with E-state index in [4.69, 9.17) is 9.84 Å². The second-order valence-corrected chi connectivity index (χ2v) is 2.48. The predicted molar refractivity (Wildman–Crippen MR) is 45.6 cm³/mol. The molecule has 4 heteroatoms. The number of aliphatic carboxylic acids is 1. The minimum atomic E-state index is -1.53. The Labute approximate surface area is 75.4 Å². The molecule has 70 valence electrons. The maximum atomic E-state index is 10.5. The summed E-state index contributed by atoms with van der Waals surface area (Å²) in [5.74, 6) is -0.915. The van der Waals surface area contributed by atoms with E-state index in [1.54, 1.807) is 18.2 Å². The molecule has 0 saturated heterocycles. The van der Waals surface area contributed by atoms with Gasteiger partial charge in [0.1, 0.15) is 5.75 Å². The third-order valence-electron chi connectivity index (χ3n) is 1.67. The molecular formula is C9H10O4. The fourth-order valence-electron chi connectivity index (χ4n) is 1.03. The van der Waals surface area contributed by atoms with E-state index in [-0.39, 0.29) is 5.56 Å². The van der Waals surface area contributed by atoms with Crippen molar-refractivity contribution in [3.05, 3.63) is 29.8 Å². The van der Waals surface area contributed by atoms with Gasteiger partial charge < -0.3 is 14.9 Å². The summed E-state index contributed by atoms with van der Waals surface area (Å²) in [5.41, 5.74) is 0.262. The molecule has 1 rings (SSSR count). The van der Waals surface area contributed by atoms with E-state index in [0.29, 0.717) is 5.75 Å². The lowest BCUT2D eigenvalue weighted by Gasteiger charge is -2.10. The topological polar surface area (TPSA) is 66.8 Å². The molecule has 13 heavy (non-hydrogen) atoms. The second-order valence-electron chi connectivity index (χ2n) is 2.48. The van der Waals surface area contributed by atoms with Crippen LogP contribution in [-0.2, 0) is 4.79 Å². The molecule has 2 N–H and O–H groups in total. The van der Waals surface area contributed by atoms with Crippen LogP contribution in [0.25, 0.3) is 0 Å². The van der Waals surface area contributed by atoms with Crippen LogP contribution in [0.2, 0.25) is 0 Å². The summed E-state index contributed by atoms with van der Waals surface area (Å²) >= 11 is 0. The van der Waals surface area contributed by atoms with Crippen LogP contribution in [0.3, 0.4) is 0 Å². The predicted octanol–water partition coefficient (Wildman–Crippen LogP) is 0.813. The molecular weight excluding hydrogens is 172 g/mol. The first kappa shape index (κ1) is 9.54. The first-order valence-electron chi connectivity index (χ1n) is 3.70. The Morgan fingerprint density at radius 1 is 1.46 bits per heavy atom. The first-order valence-corrected chi connectivity index (χ1v) is 3.70. The van der Waals surface area contributed by atoms with Crippen LogP contribution in [0.1, 0.15) is 11.7 Å². The number of benzene rings is 1. The molecule has 0 heterocycles. The number of hydrogen-bond donors (Lipinski definition) is 2. The number of para-hydroxylation sites is 1. The number of carbonyl (C=O) groups is 1. The van der Waals surface area contributed by atoms with Gasteiger partial charge in [0.2, 0.25) is 0 Å². The lowest BCUT2D eigenvalue weighted by Crippen LogP contribution is -2.11. The van der Waals surface area contributed by atoms with Crippen molar-refractivity contribution in [2.45, 2.75) is 6.10 Å². The number of rotatable bonds is 3. The monoisotopic (exact) mass is 182 g/mol. The van der Waals surface area contributed by atoms with Crippen molar-refractivity contribution in [3.63, 3.8) is 0 Å². The van der Waals surface area contributed by atoms with E-state index < -0.39 is 12.1 Å². The number of hydrogen-bond acceptors (Lipinski definition) is 3. The van der Waals surface area contributed by atoms with Crippen LogP contribution in [0.5, 0.6) is 5.75 Å². The molecule has 0 aromatic heterocycles. The summed E-state index contributed by atoms with van der Waals surface area (Å²) in [6.07, 6.45) is -1.53. The highest BCUT2D eigenvalue weighted by Gasteiger charge is 2.19. The Morgan fingerprint density at radius 2 is 2.08 bits per heavy atom. The van der Waals surface area contributed by atoms with Crippen LogP contribution in [0.15, 0.2) is 24.3 Å². The molecule has 0 fully saturated rings. The zero-order valence-corrected chi connectivity index (χ0v) is 7.10. The molecule has 0 amide bonds. The smallest absolute Gasteiger partial charge is 0.337 e. The van der Waals surface area contributed by atoms with Gasteiger partial charge >= 0.3 is 5.97 Å². The lowest BCUT2D eigenvalue weighted by molar-refractivity contribution is -0.147. The van der Waals surface area contributed by atoms with E-state index in [1.807, 2.05) is 0 Å². The quantitative estimate of drug-likeness (QED) is 0.726. The Hall–Kier alpha value is -1.55. The molecule has 1 aromatic rings. The van der Waals surface area contributed by atoms with Gasteiger partial charge in [-0.05, 0) is 6.07 Å². The highest BCUT2D eigenvalue weighted by Crippen LogP contribution is 2.24. The summed E-state index contributed by atoms with van der Waals surface area (Å²) in [7, 11) is 1.42. The van der Waals surface area contributed by atoms with Gasteiger partial charge in [-0.15, -0.1) is 0 Å². The van der Waals surface area contributed by atoms with Gasteiger partial charge in [-0.2, -0.15) is 0 Å². The number of carboxylic acids is 1. The number of carboxylic acid groups (broad SMARTS) is 1. The van der Waals surface area contributed by atoms with Gasteiger partial charge in [-0.25, -0.2) is 4.79 Å². The average Bonchev–Trinajstić information content (AvgIpc) is 2.16. The average molecular weight is 182 g/mol. The lowest BCUT2D eigenvalue weighted by atomic mass is 10.1. The van der Waals surface area contributed by atoms with Gasteiger partial charge in [0, 0.05) is 5.56 Å². The Kier molecular flexibility index (Phi) is 2.87. The molecule has 4 nitrogen and oxygen atoms in total. The Bertz CT molecular complexity index is 308. The number of methoxy groups -OCH3 is 1. The molecule has 0 radical (unpaired) electrons. The minimum Gasteiger partial charge on any atom is -0.496 e. The molecule has 0 unspecified atom stereocenters. The molecule has 0 bridgehead atoms. The maximum absolute atomic E-state index is 10.5. The number of aliphatic hydroxyl groups is 1. The fourth-order valence-corrected chi connectivity index (χ4v) is 1.03. The maximum Gasteiger partial charge on any atom is 0.337 e. The minimum absolute atomic E-state index is 0.262. The van der Waals surface area contributed by atoms with Crippen molar-refractivity contribution >= 4 is 5.97 Å². The van der Waals surface area contributed by atoms with E-state index in [1.165, 1.54) is 13.2 Å². The Balaban J connectivity index is 3.05. The summed E-state index contributed by atoms with van der Waals surface area (Å²) in [6, 6.07) is 6.46. The van der Waals surface area contributed by atoms with Crippen molar-refractivity contribution < 1.29 is 19.7 Å². The number of aliphatic hydroxyl groups excluding tert-OH is 1. The normalized spacial score (nSPS) is 12.2. The van der Waals surface area contributed by atoms with Crippen LogP contribution in [0, 0.1) is 0 Å². The zero-order valence-electron chi connectivity index (χ0n) is 7.10. The first-order chi connectivity index (χ1) is 6.16. The molecule has 0 aliphatic rings. The van der Waals surface area contributed by atoms with Crippen LogP contribution in [0.4, 0.5) is 0 Å². The molecule has 1 atom stereocenters. The van der Waals surface area contributed by atoms with Crippen LogP contribution < -0.4 is 4.74 Å². The summed E-state index contributed by atoms with van der Waals surface area (Å²) in [6.45, 7) is 0. The SMILES string of the molecule is COc1ccccc1[C@H](O)C(=O)O. The largest absolute Gasteiger partial charge is 0.496 e. The summed E-state index contributed by atoms with van der Waals surface area (Å²) in [5, 5.41) is 17.8. The van der Waals surface area contributed by atoms with Crippen molar-refractivity contribution in [1.82, 2.24) is 0 Å². The standard InChI is InChI=1S/C9H10O4/c1-13-7-5-3-2-4-6(7)8(10)9(11)12/h2-5,8,10H,1H3,(H,11,12)/t8-/m0/s1. The van der Waals surface area contributed by atoms with Crippen molar-refractivity contribution in [2.75, 3.05) is 7.11 Å². The van der Waals surface area contributed by atoms with E-state index in [2.05, 4.69) is 0 Å².